The van der Waals surface area contributed by atoms with Crippen LogP contribution in [0.15, 0.2) is 24.5 Å². The number of hydrogen-bond donors (Lipinski definition) is 2. The Labute approximate surface area is 116 Å². The normalized spacial score (nSPS) is 12.7. The maximum absolute atomic E-state index is 11.9. The summed E-state index contributed by atoms with van der Waals surface area (Å²) >= 11 is 0. The summed E-state index contributed by atoms with van der Waals surface area (Å²) in [4.78, 5) is 25.6. The first-order valence-corrected chi connectivity index (χ1v) is 7.71. The summed E-state index contributed by atoms with van der Waals surface area (Å²) in [6.07, 6.45) is 3.38. The highest BCUT2D eigenvalue weighted by molar-refractivity contribution is 7.91. The first-order chi connectivity index (χ1) is 9.30. The van der Waals surface area contributed by atoms with Crippen molar-refractivity contribution < 1.29 is 23.1 Å². The molecule has 0 aliphatic rings. The number of aromatic nitrogens is 1. The van der Waals surface area contributed by atoms with Gasteiger partial charge in [0.1, 0.15) is 6.04 Å². The fraction of sp³-hybridized carbons (Fsp3) is 0.417. The Morgan fingerprint density at radius 1 is 1.45 bits per heavy atom. The lowest BCUT2D eigenvalue weighted by Gasteiger charge is -2.13. The number of carboxylic acids is 1. The first kappa shape index (κ1) is 16.1. The molecular formula is C12H16N2O5S. The molecule has 0 spiro atoms. The first-order valence-electron chi connectivity index (χ1n) is 5.89. The van der Waals surface area contributed by atoms with Gasteiger partial charge in [-0.05, 0) is 18.1 Å². The number of rotatable bonds is 7. The van der Waals surface area contributed by atoms with Crippen molar-refractivity contribution in [2.75, 3.05) is 11.5 Å². The molecule has 8 heteroatoms. The summed E-state index contributed by atoms with van der Waals surface area (Å²) in [7, 11) is -3.59. The summed E-state index contributed by atoms with van der Waals surface area (Å²) in [5.74, 6) is -2.77. The van der Waals surface area contributed by atoms with Gasteiger partial charge in [0.25, 0.3) is 0 Å². The molecule has 20 heavy (non-hydrogen) atoms. The molecule has 1 aromatic rings. The third-order valence-corrected chi connectivity index (χ3v) is 4.19. The van der Waals surface area contributed by atoms with E-state index in [1.54, 1.807) is 24.5 Å². The molecule has 0 fully saturated rings. The molecular weight excluding hydrogens is 284 g/mol. The van der Waals surface area contributed by atoms with Gasteiger partial charge < -0.3 is 10.4 Å². The molecule has 1 aromatic heterocycles. The van der Waals surface area contributed by atoms with Crippen LogP contribution in [-0.2, 0) is 25.8 Å². The lowest BCUT2D eigenvalue weighted by Crippen LogP contribution is -2.45. The van der Waals surface area contributed by atoms with Crippen molar-refractivity contribution in [2.24, 2.45) is 0 Å². The van der Waals surface area contributed by atoms with E-state index in [1.807, 2.05) is 0 Å². The van der Waals surface area contributed by atoms with Gasteiger partial charge in [0.2, 0.25) is 5.91 Å². The molecule has 0 saturated heterocycles. The van der Waals surface area contributed by atoms with E-state index in [-0.39, 0.29) is 12.2 Å². The third-order valence-electron chi connectivity index (χ3n) is 2.52. The molecule has 0 aliphatic heterocycles. The average molecular weight is 300 g/mol. The Morgan fingerprint density at radius 2 is 2.15 bits per heavy atom. The zero-order valence-corrected chi connectivity index (χ0v) is 11.8. The number of carbonyl (C=O) groups is 2. The number of carbonyl (C=O) groups excluding carboxylic acids is 1. The molecule has 1 amide bonds. The van der Waals surface area contributed by atoms with Crippen molar-refractivity contribution in [1.29, 1.82) is 0 Å². The second-order valence-electron chi connectivity index (χ2n) is 4.32. The minimum Gasteiger partial charge on any atom is -0.480 e. The molecule has 1 heterocycles. The number of hydrogen-bond acceptors (Lipinski definition) is 5. The molecule has 1 atom stereocenters. The van der Waals surface area contributed by atoms with E-state index in [0.29, 0.717) is 0 Å². The second kappa shape index (κ2) is 6.99. The molecule has 0 unspecified atom stereocenters. The Bertz CT molecular complexity index is 571. The van der Waals surface area contributed by atoms with Crippen molar-refractivity contribution in [2.45, 2.75) is 19.4 Å². The van der Waals surface area contributed by atoms with Crippen molar-refractivity contribution in [3.63, 3.8) is 0 Å². The number of aliphatic carboxylic acids is 1. The minimum absolute atomic E-state index is 0.192. The van der Waals surface area contributed by atoms with E-state index >= 15 is 0 Å². The van der Waals surface area contributed by atoms with Crippen LogP contribution in [0.2, 0.25) is 0 Å². The van der Waals surface area contributed by atoms with Gasteiger partial charge in [-0.25, -0.2) is 13.2 Å². The molecule has 0 aromatic carbocycles. The Kier molecular flexibility index (Phi) is 5.63. The number of aryl methyl sites for hydroxylation is 1. The van der Waals surface area contributed by atoms with Crippen molar-refractivity contribution >= 4 is 21.7 Å². The standard InChI is InChI=1S/C12H16N2O5S/c1-9(15)14-11(12(16)17)8-20(18,19)6-4-10-3-2-5-13-7-10/h2-3,5,7,11H,4,6,8H2,1H3,(H,14,15)(H,16,17)/t11-/m0/s1. The molecule has 2 N–H and O–H groups in total. The van der Waals surface area contributed by atoms with Crippen molar-refractivity contribution in [3.05, 3.63) is 30.1 Å². The topological polar surface area (TPSA) is 113 Å². The SMILES string of the molecule is CC(=O)N[C@@H](CS(=O)(=O)CCc1cccnc1)C(=O)O. The maximum Gasteiger partial charge on any atom is 0.327 e. The van der Waals surface area contributed by atoms with Gasteiger partial charge in [-0.2, -0.15) is 0 Å². The van der Waals surface area contributed by atoms with Crippen LogP contribution in [0.25, 0.3) is 0 Å². The maximum atomic E-state index is 11.9. The van der Waals surface area contributed by atoms with Gasteiger partial charge in [-0.1, -0.05) is 6.07 Å². The van der Waals surface area contributed by atoms with Crippen LogP contribution in [0.3, 0.4) is 0 Å². The van der Waals surface area contributed by atoms with Gasteiger partial charge in [0, 0.05) is 19.3 Å². The number of nitrogens with one attached hydrogen (secondary N) is 1. The van der Waals surface area contributed by atoms with Crippen LogP contribution >= 0.6 is 0 Å². The Hall–Kier alpha value is -1.96. The van der Waals surface area contributed by atoms with Gasteiger partial charge in [-0.15, -0.1) is 0 Å². The number of sulfone groups is 1. The number of pyridine rings is 1. The lowest BCUT2D eigenvalue weighted by molar-refractivity contribution is -0.140. The number of amides is 1. The molecule has 7 nitrogen and oxygen atoms in total. The van der Waals surface area contributed by atoms with Gasteiger partial charge in [0.15, 0.2) is 9.84 Å². The highest BCUT2D eigenvalue weighted by Gasteiger charge is 2.25. The molecule has 0 saturated carbocycles. The number of nitrogens with zero attached hydrogens (tertiary/aromatic N) is 1. The van der Waals surface area contributed by atoms with Crippen LogP contribution in [-0.4, -0.2) is 47.9 Å². The zero-order valence-electron chi connectivity index (χ0n) is 10.9. The van der Waals surface area contributed by atoms with Crippen LogP contribution in [0.5, 0.6) is 0 Å². The largest absolute Gasteiger partial charge is 0.480 e. The van der Waals surface area contributed by atoms with Crippen molar-refractivity contribution in [1.82, 2.24) is 10.3 Å². The van der Waals surface area contributed by atoms with Crippen LogP contribution in [0.4, 0.5) is 0 Å². The summed E-state index contributed by atoms with van der Waals surface area (Å²) in [5.41, 5.74) is 0.752. The zero-order chi connectivity index (χ0) is 15.2. The van der Waals surface area contributed by atoms with E-state index in [4.69, 9.17) is 5.11 Å². The molecule has 110 valence electrons. The highest BCUT2D eigenvalue weighted by Crippen LogP contribution is 2.03. The monoisotopic (exact) mass is 300 g/mol. The fourth-order valence-corrected chi connectivity index (χ4v) is 3.02. The summed E-state index contributed by atoms with van der Waals surface area (Å²) in [5, 5.41) is 11.0. The predicted molar refractivity (Wildman–Crippen MR) is 71.8 cm³/mol. The predicted octanol–water partition coefficient (Wildman–Crippen LogP) is -0.372. The number of carboxylic acid groups (broad SMARTS) is 1. The van der Waals surface area contributed by atoms with Crippen LogP contribution in [0.1, 0.15) is 12.5 Å². The van der Waals surface area contributed by atoms with Crippen LogP contribution in [0, 0.1) is 0 Å². The van der Waals surface area contributed by atoms with E-state index in [9.17, 15) is 18.0 Å². The van der Waals surface area contributed by atoms with E-state index in [0.717, 1.165) is 12.5 Å². The van der Waals surface area contributed by atoms with E-state index in [1.165, 1.54) is 0 Å². The Balaban J connectivity index is 2.63. The average Bonchev–Trinajstić information content (AvgIpc) is 2.36. The molecule has 1 rings (SSSR count). The summed E-state index contributed by atoms with van der Waals surface area (Å²) < 4.78 is 23.7. The molecule has 0 bridgehead atoms. The summed E-state index contributed by atoms with van der Waals surface area (Å²) in [6.45, 7) is 1.14. The van der Waals surface area contributed by atoms with Gasteiger partial charge in [-0.3, -0.25) is 9.78 Å². The fourth-order valence-electron chi connectivity index (χ4n) is 1.58. The molecule has 0 aliphatic carbocycles. The Morgan fingerprint density at radius 3 is 2.65 bits per heavy atom. The second-order valence-corrected chi connectivity index (χ2v) is 6.55. The smallest absolute Gasteiger partial charge is 0.327 e. The van der Waals surface area contributed by atoms with E-state index < -0.39 is 33.5 Å². The molecule has 0 radical (unpaired) electrons. The highest BCUT2D eigenvalue weighted by atomic mass is 32.2. The minimum atomic E-state index is -3.59. The van der Waals surface area contributed by atoms with Crippen molar-refractivity contribution in [3.8, 4) is 0 Å². The van der Waals surface area contributed by atoms with E-state index in [2.05, 4.69) is 10.3 Å². The third kappa shape index (κ3) is 5.79. The van der Waals surface area contributed by atoms with Gasteiger partial charge in [0.05, 0.1) is 11.5 Å². The quantitative estimate of drug-likeness (QED) is 0.710. The lowest BCUT2D eigenvalue weighted by atomic mass is 10.2. The van der Waals surface area contributed by atoms with Gasteiger partial charge >= 0.3 is 5.97 Å². The summed E-state index contributed by atoms with van der Waals surface area (Å²) in [6, 6.07) is 2.01. The van der Waals surface area contributed by atoms with Crippen LogP contribution < -0.4 is 5.32 Å².